The van der Waals surface area contributed by atoms with Crippen molar-refractivity contribution in [2.24, 2.45) is 0 Å². The van der Waals surface area contributed by atoms with Gasteiger partial charge in [0.25, 0.3) is 0 Å². The van der Waals surface area contributed by atoms with Crippen LogP contribution in [0.25, 0.3) is 0 Å². The third kappa shape index (κ3) is 2.16. The molecule has 22 heavy (non-hydrogen) atoms. The molecule has 1 aliphatic heterocycles. The molecule has 0 bridgehead atoms. The molecule has 0 radical (unpaired) electrons. The molecule has 112 valence electrons. The van der Waals surface area contributed by atoms with E-state index in [1.807, 2.05) is 0 Å². The molecule has 0 unspecified atom stereocenters. The number of carbonyl (C=O) groups excluding carboxylic acids is 2. The van der Waals surface area contributed by atoms with Crippen LogP contribution >= 0.6 is 0 Å². The maximum atomic E-state index is 12.0. The number of carbonyl (C=O) groups is 2. The number of rotatable bonds is 3. The van der Waals surface area contributed by atoms with Crippen molar-refractivity contribution in [3.63, 3.8) is 0 Å². The van der Waals surface area contributed by atoms with Gasteiger partial charge in [-0.15, -0.1) is 0 Å². The monoisotopic (exact) mass is 297 g/mol. The maximum absolute atomic E-state index is 12.0. The van der Waals surface area contributed by atoms with Gasteiger partial charge in [-0.1, -0.05) is 24.3 Å². The number of hydrogen-bond donors (Lipinski definition) is 1. The largest absolute Gasteiger partial charge is 0.545 e. The lowest BCUT2D eigenvalue weighted by Crippen LogP contribution is -2.28. The Balaban J connectivity index is 2.14. The smallest absolute Gasteiger partial charge is 0.226 e. The number of nitrogens with one attached hydrogen (secondary N) is 1. The minimum absolute atomic E-state index is 0.0832. The first kappa shape index (κ1) is 14.0. The van der Waals surface area contributed by atoms with Crippen LogP contribution in [0.5, 0.6) is 0 Å². The van der Waals surface area contributed by atoms with Crippen molar-refractivity contribution in [3.05, 3.63) is 53.0 Å². The molecule has 0 fully saturated rings. The second-order valence-electron chi connectivity index (χ2n) is 5.06. The lowest BCUT2D eigenvalue weighted by molar-refractivity contribution is -0.255. The van der Waals surface area contributed by atoms with Crippen molar-refractivity contribution in [1.29, 1.82) is 0 Å². The van der Waals surface area contributed by atoms with E-state index in [2.05, 4.69) is 15.4 Å². The number of hydrogen-bond acceptors (Lipinski definition) is 6. The van der Waals surface area contributed by atoms with Crippen molar-refractivity contribution in [2.75, 3.05) is 5.32 Å². The van der Waals surface area contributed by atoms with Gasteiger partial charge in [0.15, 0.2) is 5.78 Å². The summed E-state index contributed by atoms with van der Waals surface area (Å²) in [6.07, 6.45) is 1.40. The summed E-state index contributed by atoms with van der Waals surface area (Å²) in [6.45, 7) is 3.29. The number of Topliss-reactive ketones (excluding diaryl/α,β-unsaturated/α-hetero) is 1. The number of fused-ring (bicyclic) bond motifs is 1. The normalized spacial score (nSPS) is 16.9. The van der Waals surface area contributed by atoms with E-state index in [4.69, 9.17) is 0 Å². The van der Waals surface area contributed by atoms with Gasteiger partial charge in [0.2, 0.25) is 5.95 Å². The van der Waals surface area contributed by atoms with Gasteiger partial charge in [0.05, 0.1) is 5.97 Å². The zero-order valence-electron chi connectivity index (χ0n) is 12.0. The molecule has 1 atom stereocenters. The summed E-state index contributed by atoms with van der Waals surface area (Å²) in [7, 11) is 0. The van der Waals surface area contributed by atoms with Crippen molar-refractivity contribution in [1.82, 2.24) is 14.8 Å². The number of aromatic carboxylic acids is 1. The number of carboxylic acids is 1. The Kier molecular flexibility index (Phi) is 3.25. The molecule has 0 saturated heterocycles. The minimum atomic E-state index is -1.24. The third-order valence-corrected chi connectivity index (χ3v) is 3.64. The number of anilines is 1. The first-order valence-corrected chi connectivity index (χ1v) is 6.68. The van der Waals surface area contributed by atoms with Crippen LogP contribution in [0.4, 0.5) is 5.95 Å². The molecule has 7 nitrogen and oxygen atoms in total. The number of carboxylic acid groups (broad SMARTS) is 1. The van der Waals surface area contributed by atoms with Gasteiger partial charge in [-0.2, -0.15) is 10.1 Å². The summed E-state index contributed by atoms with van der Waals surface area (Å²) in [4.78, 5) is 27.0. The van der Waals surface area contributed by atoms with Crippen LogP contribution < -0.4 is 10.4 Å². The Morgan fingerprint density at radius 3 is 2.55 bits per heavy atom. The third-order valence-electron chi connectivity index (χ3n) is 3.64. The molecule has 2 heterocycles. The Labute approximate surface area is 126 Å². The summed E-state index contributed by atoms with van der Waals surface area (Å²) in [5.41, 5.74) is 2.12. The molecular formula is C15H13N4O3-. The predicted molar refractivity (Wildman–Crippen MR) is 75.9 cm³/mol. The molecule has 3 rings (SSSR count). The van der Waals surface area contributed by atoms with E-state index in [-0.39, 0.29) is 11.3 Å². The van der Waals surface area contributed by atoms with E-state index in [1.165, 1.54) is 25.4 Å². The molecule has 0 spiro atoms. The van der Waals surface area contributed by atoms with Gasteiger partial charge in [-0.3, -0.25) is 4.79 Å². The van der Waals surface area contributed by atoms with E-state index < -0.39 is 12.0 Å². The highest BCUT2D eigenvalue weighted by Gasteiger charge is 2.31. The number of nitrogens with zero attached hydrogens (tertiary/aromatic N) is 3. The molecular weight excluding hydrogens is 284 g/mol. The zero-order chi connectivity index (χ0) is 15.9. The van der Waals surface area contributed by atoms with Crippen LogP contribution in [0.2, 0.25) is 0 Å². The fourth-order valence-corrected chi connectivity index (χ4v) is 2.66. The second kappa shape index (κ2) is 5.10. The zero-order valence-corrected chi connectivity index (χ0v) is 12.0. The van der Waals surface area contributed by atoms with E-state index in [9.17, 15) is 14.7 Å². The molecule has 1 aromatic carbocycles. The van der Waals surface area contributed by atoms with Crippen LogP contribution in [0.15, 0.2) is 41.9 Å². The Morgan fingerprint density at radius 2 is 1.95 bits per heavy atom. The first-order valence-electron chi connectivity index (χ1n) is 6.68. The van der Waals surface area contributed by atoms with Gasteiger partial charge in [-0.25, -0.2) is 4.68 Å². The average Bonchev–Trinajstić information content (AvgIpc) is 2.93. The fraction of sp³-hybridized carbons (Fsp3) is 0.200. The van der Waals surface area contributed by atoms with Crippen molar-refractivity contribution >= 4 is 17.7 Å². The Hall–Kier alpha value is -2.96. The summed E-state index contributed by atoms with van der Waals surface area (Å²) in [5, 5.41) is 18.1. The predicted octanol–water partition coefficient (Wildman–Crippen LogP) is 0.519. The first-order chi connectivity index (χ1) is 10.5. The summed E-state index contributed by atoms with van der Waals surface area (Å²) in [5.74, 6) is -0.784. The van der Waals surface area contributed by atoms with Gasteiger partial charge < -0.3 is 15.2 Å². The highest BCUT2D eigenvalue weighted by atomic mass is 16.4. The number of benzene rings is 1. The fourth-order valence-electron chi connectivity index (χ4n) is 2.66. The molecule has 1 aliphatic rings. The lowest BCUT2D eigenvalue weighted by atomic mass is 9.93. The standard InChI is InChI=1S/C15H14N4O3/c1-8-12(9(2)20)13(19-15(18-8)16-7-17-19)10-3-5-11(6-4-10)14(21)22/h3-7,13H,1-2H3,(H,21,22)(H,16,17,18)/p-1/t13-/m0/s1. The number of aromatic nitrogens is 3. The maximum Gasteiger partial charge on any atom is 0.226 e. The van der Waals surface area contributed by atoms with E-state index in [0.717, 1.165) is 5.56 Å². The SMILES string of the molecule is CC(=O)C1=C(C)Nc2ncnn2[C@H]1c1ccc(C(=O)[O-])cc1. The lowest BCUT2D eigenvalue weighted by Gasteiger charge is -2.28. The molecule has 0 saturated carbocycles. The van der Waals surface area contributed by atoms with Crippen LogP contribution in [0.1, 0.15) is 35.8 Å². The minimum Gasteiger partial charge on any atom is -0.545 e. The highest BCUT2D eigenvalue weighted by Crippen LogP contribution is 2.34. The molecule has 1 N–H and O–H groups in total. The summed E-state index contributed by atoms with van der Waals surface area (Å²) < 4.78 is 1.61. The van der Waals surface area contributed by atoms with Crippen LogP contribution in [0.3, 0.4) is 0 Å². The van der Waals surface area contributed by atoms with Gasteiger partial charge in [0, 0.05) is 11.3 Å². The van der Waals surface area contributed by atoms with E-state index in [1.54, 1.807) is 23.7 Å². The topological polar surface area (TPSA) is 99.9 Å². The van der Waals surface area contributed by atoms with Gasteiger partial charge in [0.1, 0.15) is 12.4 Å². The molecule has 7 heteroatoms. The van der Waals surface area contributed by atoms with E-state index in [0.29, 0.717) is 17.2 Å². The van der Waals surface area contributed by atoms with Gasteiger partial charge >= 0.3 is 0 Å². The van der Waals surface area contributed by atoms with Crippen molar-refractivity contribution < 1.29 is 14.7 Å². The average molecular weight is 297 g/mol. The highest BCUT2D eigenvalue weighted by molar-refractivity contribution is 5.96. The van der Waals surface area contributed by atoms with Crippen LogP contribution in [-0.4, -0.2) is 26.5 Å². The van der Waals surface area contributed by atoms with Crippen molar-refractivity contribution in [2.45, 2.75) is 19.9 Å². The Morgan fingerprint density at radius 1 is 1.27 bits per heavy atom. The van der Waals surface area contributed by atoms with E-state index >= 15 is 0 Å². The summed E-state index contributed by atoms with van der Waals surface area (Å²) in [6, 6.07) is 5.78. The molecule has 1 aromatic heterocycles. The van der Waals surface area contributed by atoms with Crippen LogP contribution in [-0.2, 0) is 4.79 Å². The van der Waals surface area contributed by atoms with Crippen LogP contribution in [0, 0.1) is 0 Å². The summed E-state index contributed by atoms with van der Waals surface area (Å²) >= 11 is 0. The molecule has 0 aliphatic carbocycles. The molecule has 0 amide bonds. The molecule has 2 aromatic rings. The van der Waals surface area contributed by atoms with Crippen molar-refractivity contribution in [3.8, 4) is 0 Å². The Bertz CT molecular complexity index is 789. The quantitative estimate of drug-likeness (QED) is 0.886. The number of allylic oxidation sites excluding steroid dienone is 2. The van der Waals surface area contributed by atoms with Gasteiger partial charge in [-0.05, 0) is 25.0 Å². The second-order valence-corrected chi connectivity index (χ2v) is 5.06. The number of ketones is 1.